The minimum atomic E-state index is -0.880. The highest BCUT2D eigenvalue weighted by Gasteiger charge is 2.13. The fourth-order valence-corrected chi connectivity index (χ4v) is 2.19. The standard InChI is InChI=1S/C16H16N4O3/c1-20-9-8-17-14(20)10-23-16-13(6-7-15(21)22)18-11-4-2-3-5-12(11)19-16/h2-5,8-9H,6-7,10H2,1H3,(H,21,22). The predicted molar refractivity (Wildman–Crippen MR) is 83.0 cm³/mol. The maximum Gasteiger partial charge on any atom is 0.303 e. The van der Waals surface area contributed by atoms with Crippen molar-refractivity contribution < 1.29 is 14.6 Å². The molecule has 0 fully saturated rings. The van der Waals surface area contributed by atoms with Gasteiger partial charge < -0.3 is 14.4 Å². The van der Waals surface area contributed by atoms with Crippen molar-refractivity contribution in [3.63, 3.8) is 0 Å². The number of carboxylic acids is 1. The van der Waals surface area contributed by atoms with Gasteiger partial charge in [0.25, 0.3) is 0 Å². The summed E-state index contributed by atoms with van der Waals surface area (Å²) in [5.74, 6) is 0.229. The van der Waals surface area contributed by atoms with E-state index < -0.39 is 5.97 Å². The molecule has 0 atom stereocenters. The highest BCUT2D eigenvalue weighted by Crippen LogP contribution is 2.21. The first-order valence-electron chi connectivity index (χ1n) is 7.20. The van der Waals surface area contributed by atoms with E-state index in [2.05, 4.69) is 15.0 Å². The van der Waals surface area contributed by atoms with Gasteiger partial charge in [-0.3, -0.25) is 4.79 Å². The predicted octanol–water partition coefficient (Wildman–Crippen LogP) is 1.96. The SMILES string of the molecule is Cn1ccnc1COc1nc2ccccc2nc1CCC(=O)O. The Morgan fingerprint density at radius 1 is 1.26 bits per heavy atom. The monoisotopic (exact) mass is 312 g/mol. The summed E-state index contributed by atoms with van der Waals surface area (Å²) < 4.78 is 7.61. The van der Waals surface area contributed by atoms with E-state index in [1.54, 1.807) is 6.20 Å². The number of para-hydroxylation sites is 2. The van der Waals surface area contributed by atoms with Crippen LogP contribution in [0.5, 0.6) is 5.88 Å². The van der Waals surface area contributed by atoms with E-state index >= 15 is 0 Å². The molecule has 23 heavy (non-hydrogen) atoms. The molecule has 0 aliphatic heterocycles. The molecule has 0 aliphatic carbocycles. The number of aromatic nitrogens is 4. The maximum atomic E-state index is 10.8. The van der Waals surface area contributed by atoms with Crippen LogP contribution in [0.15, 0.2) is 36.7 Å². The van der Waals surface area contributed by atoms with E-state index in [1.165, 1.54) is 0 Å². The third kappa shape index (κ3) is 3.45. The van der Waals surface area contributed by atoms with Gasteiger partial charge in [0.05, 0.1) is 17.5 Å². The van der Waals surface area contributed by atoms with Crippen LogP contribution in [0.25, 0.3) is 11.0 Å². The summed E-state index contributed by atoms with van der Waals surface area (Å²) in [5.41, 5.74) is 1.97. The van der Waals surface area contributed by atoms with Crippen LogP contribution in [-0.4, -0.2) is 30.6 Å². The third-order valence-electron chi connectivity index (χ3n) is 3.44. The lowest BCUT2D eigenvalue weighted by Gasteiger charge is -2.10. The van der Waals surface area contributed by atoms with Crippen molar-refractivity contribution in [2.75, 3.05) is 0 Å². The fraction of sp³-hybridized carbons (Fsp3) is 0.250. The largest absolute Gasteiger partial charge is 0.481 e. The average Bonchev–Trinajstić information content (AvgIpc) is 2.95. The van der Waals surface area contributed by atoms with Gasteiger partial charge in [0, 0.05) is 25.9 Å². The molecule has 0 spiro atoms. The molecule has 7 heteroatoms. The number of nitrogens with zero attached hydrogens (tertiary/aromatic N) is 4. The van der Waals surface area contributed by atoms with Crippen molar-refractivity contribution >= 4 is 17.0 Å². The Labute approximate surface area is 132 Å². The molecule has 0 saturated carbocycles. The molecule has 0 unspecified atom stereocenters. The van der Waals surface area contributed by atoms with Crippen LogP contribution in [0.3, 0.4) is 0 Å². The van der Waals surface area contributed by atoms with Crippen molar-refractivity contribution in [1.82, 2.24) is 19.5 Å². The van der Waals surface area contributed by atoms with E-state index in [4.69, 9.17) is 9.84 Å². The van der Waals surface area contributed by atoms with Gasteiger partial charge in [0.2, 0.25) is 5.88 Å². The first-order valence-corrected chi connectivity index (χ1v) is 7.20. The average molecular weight is 312 g/mol. The van der Waals surface area contributed by atoms with Crippen LogP contribution < -0.4 is 4.74 Å². The van der Waals surface area contributed by atoms with Crippen LogP contribution in [0.4, 0.5) is 0 Å². The smallest absolute Gasteiger partial charge is 0.303 e. The number of carboxylic acid groups (broad SMARTS) is 1. The van der Waals surface area contributed by atoms with Gasteiger partial charge in [-0.25, -0.2) is 15.0 Å². The third-order valence-corrected chi connectivity index (χ3v) is 3.44. The van der Waals surface area contributed by atoms with Crippen LogP contribution in [-0.2, 0) is 24.9 Å². The van der Waals surface area contributed by atoms with Gasteiger partial charge in [-0.1, -0.05) is 12.1 Å². The summed E-state index contributed by atoms with van der Waals surface area (Å²) in [6.45, 7) is 0.247. The summed E-state index contributed by atoms with van der Waals surface area (Å²) >= 11 is 0. The lowest BCUT2D eigenvalue weighted by atomic mass is 10.2. The quantitative estimate of drug-likeness (QED) is 0.748. The van der Waals surface area contributed by atoms with Gasteiger partial charge in [-0.15, -0.1) is 0 Å². The summed E-state index contributed by atoms with van der Waals surface area (Å²) in [6, 6.07) is 7.43. The maximum absolute atomic E-state index is 10.8. The zero-order valence-corrected chi connectivity index (χ0v) is 12.6. The molecule has 118 valence electrons. The molecule has 0 amide bonds. The Bertz CT molecular complexity index is 844. The number of ether oxygens (including phenoxy) is 1. The van der Waals surface area contributed by atoms with Crippen molar-refractivity contribution in [2.24, 2.45) is 7.05 Å². The molecule has 2 heterocycles. The van der Waals surface area contributed by atoms with E-state index in [1.807, 2.05) is 42.1 Å². The van der Waals surface area contributed by atoms with Crippen LogP contribution in [0.2, 0.25) is 0 Å². The molecule has 1 aromatic carbocycles. The van der Waals surface area contributed by atoms with Crippen molar-refractivity contribution in [1.29, 1.82) is 0 Å². The number of imidazole rings is 1. The second kappa shape index (κ2) is 6.43. The molecule has 0 aliphatic rings. The van der Waals surface area contributed by atoms with Crippen molar-refractivity contribution in [2.45, 2.75) is 19.4 Å². The van der Waals surface area contributed by atoms with Gasteiger partial charge in [-0.2, -0.15) is 0 Å². The molecule has 0 radical (unpaired) electrons. The number of carbonyl (C=O) groups is 1. The molecule has 1 N–H and O–H groups in total. The summed E-state index contributed by atoms with van der Waals surface area (Å²) in [6.07, 6.45) is 3.76. The Morgan fingerprint density at radius 2 is 2.00 bits per heavy atom. The molecule has 0 bridgehead atoms. The Hall–Kier alpha value is -2.96. The number of aryl methyl sites for hydroxylation is 2. The van der Waals surface area contributed by atoms with E-state index in [-0.39, 0.29) is 19.4 Å². The summed E-state index contributed by atoms with van der Waals surface area (Å²) in [5, 5.41) is 8.89. The lowest BCUT2D eigenvalue weighted by Crippen LogP contribution is -2.08. The van der Waals surface area contributed by atoms with Gasteiger partial charge >= 0.3 is 5.97 Å². The first-order chi connectivity index (χ1) is 11.1. The first kappa shape index (κ1) is 15.0. The molecular formula is C16H16N4O3. The zero-order chi connectivity index (χ0) is 16.2. The topological polar surface area (TPSA) is 90.1 Å². The number of fused-ring (bicyclic) bond motifs is 1. The van der Waals surface area contributed by atoms with E-state index in [9.17, 15) is 4.79 Å². The lowest BCUT2D eigenvalue weighted by molar-refractivity contribution is -0.136. The van der Waals surface area contributed by atoms with E-state index in [0.29, 0.717) is 17.1 Å². The summed E-state index contributed by atoms with van der Waals surface area (Å²) in [4.78, 5) is 24.0. The van der Waals surface area contributed by atoms with Crippen LogP contribution >= 0.6 is 0 Å². The summed E-state index contributed by atoms with van der Waals surface area (Å²) in [7, 11) is 1.88. The van der Waals surface area contributed by atoms with E-state index in [0.717, 1.165) is 11.3 Å². The molecule has 2 aromatic heterocycles. The van der Waals surface area contributed by atoms with Gasteiger partial charge in [0.15, 0.2) is 0 Å². The molecule has 0 saturated heterocycles. The second-order valence-electron chi connectivity index (χ2n) is 5.10. The van der Waals surface area contributed by atoms with Gasteiger partial charge in [0.1, 0.15) is 18.1 Å². The van der Waals surface area contributed by atoms with Crippen molar-refractivity contribution in [3.8, 4) is 5.88 Å². The normalized spacial score (nSPS) is 10.8. The number of aliphatic carboxylic acids is 1. The fourth-order valence-electron chi connectivity index (χ4n) is 2.19. The molecule has 3 rings (SSSR count). The Morgan fingerprint density at radius 3 is 2.65 bits per heavy atom. The minimum Gasteiger partial charge on any atom is -0.481 e. The molecular weight excluding hydrogens is 296 g/mol. The highest BCUT2D eigenvalue weighted by molar-refractivity contribution is 5.75. The van der Waals surface area contributed by atoms with Crippen LogP contribution in [0, 0.1) is 0 Å². The Kier molecular flexibility index (Phi) is 4.18. The molecule has 3 aromatic rings. The highest BCUT2D eigenvalue weighted by atomic mass is 16.5. The number of benzene rings is 1. The number of hydrogen-bond donors (Lipinski definition) is 1. The zero-order valence-electron chi connectivity index (χ0n) is 12.6. The number of hydrogen-bond acceptors (Lipinski definition) is 5. The number of rotatable bonds is 6. The van der Waals surface area contributed by atoms with Crippen LogP contribution in [0.1, 0.15) is 17.9 Å². The molecule has 7 nitrogen and oxygen atoms in total. The van der Waals surface area contributed by atoms with Crippen molar-refractivity contribution in [3.05, 3.63) is 48.2 Å². The Balaban J connectivity index is 1.90. The second-order valence-corrected chi connectivity index (χ2v) is 5.10. The van der Waals surface area contributed by atoms with Gasteiger partial charge in [-0.05, 0) is 12.1 Å². The minimum absolute atomic E-state index is 0.0220.